The van der Waals surface area contributed by atoms with Crippen LogP contribution >= 0.6 is 0 Å². The minimum atomic E-state index is 0. The second kappa shape index (κ2) is 3.97. The van der Waals surface area contributed by atoms with Gasteiger partial charge in [-0.15, -0.1) is 0 Å². The number of piperidine rings is 1. The first-order valence-corrected chi connectivity index (χ1v) is 3.53. The van der Waals surface area contributed by atoms with E-state index in [1.807, 2.05) is 0 Å². The van der Waals surface area contributed by atoms with Crippen LogP contribution in [-0.4, -0.2) is 31.7 Å². The van der Waals surface area contributed by atoms with Gasteiger partial charge in [0.15, 0.2) is 0 Å². The molecule has 0 N–H and O–H groups in total. The summed E-state index contributed by atoms with van der Waals surface area (Å²) in [7, 11) is 4.64. The number of rotatable bonds is 0. The molecule has 0 spiro atoms. The molecule has 0 amide bonds. The summed E-state index contributed by atoms with van der Waals surface area (Å²) in [6, 6.07) is 0. The molecule has 0 atom stereocenters. The zero-order valence-electron chi connectivity index (χ0n) is 6.98. The summed E-state index contributed by atoms with van der Waals surface area (Å²) in [5.74, 6) is 0. The van der Waals surface area contributed by atoms with Crippen molar-refractivity contribution in [3.05, 3.63) is 0 Å². The van der Waals surface area contributed by atoms with E-state index in [-0.39, 0.29) is 29.6 Å². The van der Waals surface area contributed by atoms with Gasteiger partial charge in [-0.3, -0.25) is 0 Å². The van der Waals surface area contributed by atoms with Gasteiger partial charge in [0.2, 0.25) is 0 Å². The van der Waals surface area contributed by atoms with Crippen molar-refractivity contribution in [1.29, 1.82) is 0 Å². The monoisotopic (exact) mass is 137 g/mol. The fourth-order valence-corrected chi connectivity index (χ4v) is 1.37. The van der Waals surface area contributed by atoms with Crippen molar-refractivity contribution in [2.45, 2.75) is 19.3 Å². The van der Waals surface area contributed by atoms with Crippen LogP contribution in [0.1, 0.15) is 19.3 Å². The second-order valence-electron chi connectivity index (χ2n) is 3.44. The average Bonchev–Trinajstić information content (AvgIpc) is 1.65. The Bertz CT molecular complexity index is 73.0. The molecular weight excluding hydrogens is 121 g/mol. The van der Waals surface area contributed by atoms with E-state index in [1.165, 1.54) is 36.8 Å². The molecule has 1 aliphatic rings. The summed E-state index contributed by atoms with van der Waals surface area (Å²) < 4.78 is 1.25. The molecule has 0 aromatic carbocycles. The molecule has 0 aromatic heterocycles. The molecule has 1 aliphatic heterocycles. The average molecular weight is 137 g/mol. The minimum absolute atomic E-state index is 0. The largest absolute Gasteiger partial charge is 1.00 e. The Morgan fingerprint density at radius 2 is 1.33 bits per heavy atom. The van der Waals surface area contributed by atoms with E-state index in [4.69, 9.17) is 0 Å². The number of likely N-dealkylation sites (tertiary alicyclic amines) is 1. The summed E-state index contributed by atoms with van der Waals surface area (Å²) in [6.07, 6.45) is 4.34. The number of quaternary nitrogens is 1. The number of nitrogens with zero attached hydrogens (tertiary/aromatic N) is 1. The van der Waals surface area contributed by atoms with Gasteiger partial charge in [-0.05, 0) is 19.3 Å². The van der Waals surface area contributed by atoms with E-state index in [2.05, 4.69) is 14.1 Å². The van der Waals surface area contributed by atoms with Crippen molar-refractivity contribution >= 4 is 0 Å². The van der Waals surface area contributed by atoms with Gasteiger partial charge in [-0.25, -0.2) is 0 Å². The molecule has 0 aromatic rings. The Labute approximate surface area is 80.3 Å². The first-order chi connectivity index (χ1) is 3.71. The molecule has 0 unspecified atom stereocenters. The second-order valence-corrected chi connectivity index (χ2v) is 3.44. The normalized spacial score (nSPS) is 24.7. The van der Waals surface area contributed by atoms with Gasteiger partial charge in [-0.1, -0.05) is 0 Å². The molecule has 1 saturated heterocycles. The topological polar surface area (TPSA) is 0 Å². The van der Waals surface area contributed by atoms with Crippen LogP contribution in [0.5, 0.6) is 0 Å². The minimum Gasteiger partial charge on any atom is -0.328 e. The maximum absolute atomic E-state index is 2.32. The fourth-order valence-electron chi connectivity index (χ4n) is 1.37. The molecule has 9 heavy (non-hydrogen) atoms. The van der Waals surface area contributed by atoms with Crippen molar-refractivity contribution in [2.24, 2.45) is 0 Å². The van der Waals surface area contributed by atoms with Gasteiger partial charge < -0.3 is 4.48 Å². The zero-order valence-corrected chi connectivity index (χ0v) is 8.98. The van der Waals surface area contributed by atoms with Crippen molar-refractivity contribution < 1.29 is 34.0 Å². The molecule has 1 heterocycles. The summed E-state index contributed by atoms with van der Waals surface area (Å²) in [4.78, 5) is 0. The third-order valence-corrected chi connectivity index (χ3v) is 2.03. The summed E-state index contributed by atoms with van der Waals surface area (Å²) in [5.41, 5.74) is 0. The van der Waals surface area contributed by atoms with Crippen LogP contribution in [0, 0.1) is 0 Å². The molecule has 2 heteroatoms. The molecule has 0 bridgehead atoms. The van der Waals surface area contributed by atoms with Crippen molar-refractivity contribution in [3.63, 3.8) is 0 Å². The summed E-state index contributed by atoms with van der Waals surface area (Å²) in [6.45, 7) is 2.78. The summed E-state index contributed by atoms with van der Waals surface area (Å²) >= 11 is 0. The first-order valence-electron chi connectivity index (χ1n) is 3.53. The van der Waals surface area contributed by atoms with E-state index < -0.39 is 0 Å². The number of hydrogen-bond donors (Lipinski definition) is 0. The summed E-state index contributed by atoms with van der Waals surface area (Å²) in [5, 5.41) is 0. The SMILES string of the molecule is C[N+]1(C)CCCCC1.[Na+]. The fraction of sp³-hybridized carbons (Fsp3) is 1.00. The standard InChI is InChI=1S/C7H16N.Na/c1-8(2)6-4-3-5-7-8;/h3-7H2,1-2H3;/q2*+1. The van der Waals surface area contributed by atoms with Gasteiger partial charge in [0.25, 0.3) is 0 Å². The Morgan fingerprint density at radius 1 is 0.889 bits per heavy atom. The van der Waals surface area contributed by atoms with Crippen molar-refractivity contribution in [3.8, 4) is 0 Å². The van der Waals surface area contributed by atoms with Crippen LogP contribution in [0.15, 0.2) is 0 Å². The Morgan fingerprint density at radius 3 is 1.56 bits per heavy atom. The van der Waals surface area contributed by atoms with E-state index in [1.54, 1.807) is 0 Å². The number of hydrogen-bond acceptors (Lipinski definition) is 0. The maximum Gasteiger partial charge on any atom is 1.00 e. The van der Waals surface area contributed by atoms with Gasteiger partial charge in [0.05, 0.1) is 27.2 Å². The van der Waals surface area contributed by atoms with Crippen LogP contribution in [0.4, 0.5) is 0 Å². The van der Waals surface area contributed by atoms with Crippen molar-refractivity contribution in [2.75, 3.05) is 27.2 Å². The van der Waals surface area contributed by atoms with Crippen LogP contribution in [-0.2, 0) is 0 Å². The molecular formula is C7H16NNa+2. The van der Waals surface area contributed by atoms with Crippen LogP contribution in [0.2, 0.25) is 0 Å². The van der Waals surface area contributed by atoms with E-state index >= 15 is 0 Å². The van der Waals surface area contributed by atoms with Crippen molar-refractivity contribution in [1.82, 2.24) is 0 Å². The molecule has 0 radical (unpaired) electrons. The predicted octanol–water partition coefficient (Wildman–Crippen LogP) is -1.75. The van der Waals surface area contributed by atoms with E-state index in [0.717, 1.165) is 0 Å². The van der Waals surface area contributed by atoms with Gasteiger partial charge >= 0.3 is 29.6 Å². The Kier molecular flexibility index (Phi) is 4.39. The first kappa shape index (κ1) is 9.96. The van der Waals surface area contributed by atoms with Gasteiger partial charge in [-0.2, -0.15) is 0 Å². The molecule has 0 aliphatic carbocycles. The maximum atomic E-state index is 2.32. The zero-order chi connectivity index (χ0) is 6.04. The third kappa shape index (κ3) is 3.61. The molecule has 0 saturated carbocycles. The van der Waals surface area contributed by atoms with E-state index in [9.17, 15) is 0 Å². The molecule has 1 fully saturated rings. The molecule has 48 valence electrons. The molecule has 1 nitrogen and oxygen atoms in total. The van der Waals surface area contributed by atoms with Gasteiger partial charge in [0.1, 0.15) is 0 Å². The van der Waals surface area contributed by atoms with Crippen LogP contribution in [0.25, 0.3) is 0 Å². The predicted molar refractivity (Wildman–Crippen MR) is 35.7 cm³/mol. The smallest absolute Gasteiger partial charge is 0.328 e. The van der Waals surface area contributed by atoms with Crippen LogP contribution < -0.4 is 29.6 Å². The van der Waals surface area contributed by atoms with Gasteiger partial charge in [0, 0.05) is 0 Å². The van der Waals surface area contributed by atoms with Crippen LogP contribution in [0.3, 0.4) is 0 Å². The van der Waals surface area contributed by atoms with E-state index in [0.29, 0.717) is 0 Å². The third-order valence-electron chi connectivity index (χ3n) is 2.03. The molecule has 1 rings (SSSR count). The Balaban J connectivity index is 0.000000640. The quantitative estimate of drug-likeness (QED) is 0.274. The Hall–Kier alpha value is 0.960.